The second-order valence-corrected chi connectivity index (χ2v) is 7.88. The van der Waals surface area contributed by atoms with Gasteiger partial charge in [-0.1, -0.05) is 24.6 Å². The van der Waals surface area contributed by atoms with Crippen LogP contribution in [0.3, 0.4) is 0 Å². The van der Waals surface area contributed by atoms with Crippen LogP contribution in [0.5, 0.6) is 0 Å². The molecule has 2 aromatic carbocycles. The number of aryl methyl sites for hydroxylation is 1. The maximum Gasteiger partial charge on any atom is 0.391 e. The van der Waals surface area contributed by atoms with E-state index >= 15 is 0 Å². The maximum atomic E-state index is 13.0. The second-order valence-electron chi connectivity index (χ2n) is 7.88. The van der Waals surface area contributed by atoms with E-state index in [0.717, 1.165) is 11.1 Å². The molecule has 1 heterocycles. The molecular formula is C23H22F3N3O2. The topological polar surface area (TPSA) is 68.0 Å². The lowest BCUT2D eigenvalue weighted by atomic mass is 9.85. The van der Waals surface area contributed by atoms with Crippen LogP contribution in [0.15, 0.2) is 52.9 Å². The number of nitrogens with one attached hydrogen (secondary N) is 1. The van der Waals surface area contributed by atoms with Gasteiger partial charge in [0.05, 0.1) is 5.92 Å². The first-order valence-corrected chi connectivity index (χ1v) is 10.2. The Morgan fingerprint density at radius 3 is 2.45 bits per heavy atom. The standard InChI is InChI=1S/C23H22F3N3O2/c1-14-5-2-3-8-19(14)22-29-28-21(31-22)16-11-9-15(10-12-16)20(30)27-18-7-4-6-17(13-18)23(24,25)26/h2-3,5,8-12,17-18H,4,6-7,13H2,1H3,(H,27,30)/t17-,18-/m1/s1. The van der Waals surface area contributed by atoms with Crippen molar-refractivity contribution in [3.8, 4) is 22.9 Å². The van der Waals surface area contributed by atoms with Crippen LogP contribution in [0.1, 0.15) is 41.6 Å². The number of nitrogens with zero attached hydrogens (tertiary/aromatic N) is 2. The predicted octanol–water partition coefficient (Wildman–Crippen LogP) is 5.56. The van der Waals surface area contributed by atoms with E-state index in [1.54, 1.807) is 24.3 Å². The molecule has 162 valence electrons. The number of rotatable bonds is 4. The van der Waals surface area contributed by atoms with Crippen LogP contribution in [-0.2, 0) is 0 Å². The smallest absolute Gasteiger partial charge is 0.391 e. The zero-order chi connectivity index (χ0) is 22.0. The van der Waals surface area contributed by atoms with E-state index in [9.17, 15) is 18.0 Å². The Bertz CT molecular complexity index is 1060. The van der Waals surface area contributed by atoms with Crippen molar-refractivity contribution in [3.63, 3.8) is 0 Å². The van der Waals surface area contributed by atoms with Gasteiger partial charge in [0.15, 0.2) is 0 Å². The summed E-state index contributed by atoms with van der Waals surface area (Å²) in [5.41, 5.74) is 2.89. The van der Waals surface area contributed by atoms with Gasteiger partial charge in [0.1, 0.15) is 0 Å². The molecule has 5 nitrogen and oxygen atoms in total. The molecule has 31 heavy (non-hydrogen) atoms. The van der Waals surface area contributed by atoms with Gasteiger partial charge in [-0.25, -0.2) is 0 Å². The molecule has 1 fully saturated rings. The van der Waals surface area contributed by atoms with Crippen LogP contribution in [-0.4, -0.2) is 28.3 Å². The molecule has 1 aromatic heterocycles. The monoisotopic (exact) mass is 429 g/mol. The zero-order valence-electron chi connectivity index (χ0n) is 16.9. The van der Waals surface area contributed by atoms with Crippen molar-refractivity contribution in [1.82, 2.24) is 15.5 Å². The average Bonchev–Trinajstić information content (AvgIpc) is 3.24. The first kappa shape index (κ1) is 21.1. The molecule has 3 aromatic rings. The molecule has 1 aliphatic carbocycles. The van der Waals surface area contributed by atoms with Crippen LogP contribution in [0.4, 0.5) is 13.2 Å². The molecule has 4 rings (SSSR count). The molecule has 0 bridgehead atoms. The first-order valence-electron chi connectivity index (χ1n) is 10.2. The maximum absolute atomic E-state index is 13.0. The van der Waals surface area contributed by atoms with Crippen LogP contribution in [0, 0.1) is 12.8 Å². The van der Waals surface area contributed by atoms with Crippen molar-refractivity contribution in [3.05, 3.63) is 59.7 Å². The van der Waals surface area contributed by atoms with Gasteiger partial charge in [-0.05, 0) is 62.1 Å². The minimum absolute atomic E-state index is 0.0724. The first-order chi connectivity index (χ1) is 14.8. The fourth-order valence-corrected chi connectivity index (χ4v) is 3.91. The summed E-state index contributed by atoms with van der Waals surface area (Å²) in [6.45, 7) is 1.95. The largest absolute Gasteiger partial charge is 0.416 e. The summed E-state index contributed by atoms with van der Waals surface area (Å²) >= 11 is 0. The highest BCUT2D eigenvalue weighted by Crippen LogP contribution is 2.37. The Labute approximate surface area is 177 Å². The number of halogens is 3. The molecule has 0 saturated heterocycles. The van der Waals surface area contributed by atoms with Crippen molar-refractivity contribution in [1.29, 1.82) is 0 Å². The summed E-state index contributed by atoms with van der Waals surface area (Å²) in [7, 11) is 0. The fraction of sp³-hybridized carbons (Fsp3) is 0.348. The van der Waals surface area contributed by atoms with E-state index in [1.807, 2.05) is 31.2 Å². The summed E-state index contributed by atoms with van der Waals surface area (Å²) in [6.07, 6.45) is -3.16. The van der Waals surface area contributed by atoms with E-state index < -0.39 is 18.1 Å². The number of carbonyl (C=O) groups is 1. The summed E-state index contributed by atoms with van der Waals surface area (Å²) < 4.78 is 44.7. The fourth-order valence-electron chi connectivity index (χ4n) is 3.91. The van der Waals surface area contributed by atoms with Gasteiger partial charge in [-0.3, -0.25) is 4.79 Å². The zero-order valence-corrected chi connectivity index (χ0v) is 16.9. The van der Waals surface area contributed by atoms with Crippen LogP contribution in [0.25, 0.3) is 22.9 Å². The molecular weight excluding hydrogens is 407 g/mol. The molecule has 0 spiro atoms. The second kappa shape index (κ2) is 8.53. The quantitative estimate of drug-likeness (QED) is 0.589. The Kier molecular flexibility index (Phi) is 5.80. The van der Waals surface area contributed by atoms with Crippen molar-refractivity contribution < 1.29 is 22.4 Å². The van der Waals surface area contributed by atoms with E-state index in [4.69, 9.17) is 4.42 Å². The molecule has 1 saturated carbocycles. The van der Waals surface area contributed by atoms with Crippen molar-refractivity contribution in [2.75, 3.05) is 0 Å². The summed E-state index contributed by atoms with van der Waals surface area (Å²) in [4.78, 5) is 12.5. The molecule has 0 unspecified atom stereocenters. The Morgan fingerprint density at radius 2 is 1.74 bits per heavy atom. The highest BCUT2D eigenvalue weighted by atomic mass is 19.4. The van der Waals surface area contributed by atoms with Crippen LogP contribution < -0.4 is 5.32 Å². The van der Waals surface area contributed by atoms with Gasteiger partial charge in [0, 0.05) is 22.7 Å². The average molecular weight is 429 g/mol. The number of hydrogen-bond donors (Lipinski definition) is 1. The lowest BCUT2D eigenvalue weighted by Gasteiger charge is -2.31. The molecule has 0 aliphatic heterocycles. The summed E-state index contributed by atoms with van der Waals surface area (Å²) in [6, 6.07) is 13.8. The van der Waals surface area contributed by atoms with Crippen molar-refractivity contribution in [2.45, 2.75) is 44.8 Å². The van der Waals surface area contributed by atoms with Crippen molar-refractivity contribution in [2.24, 2.45) is 5.92 Å². The third-order valence-electron chi connectivity index (χ3n) is 5.67. The number of aromatic nitrogens is 2. The number of benzene rings is 2. The number of alkyl halides is 3. The predicted molar refractivity (Wildman–Crippen MR) is 109 cm³/mol. The minimum Gasteiger partial charge on any atom is -0.416 e. The van der Waals surface area contributed by atoms with Gasteiger partial charge in [0.25, 0.3) is 5.91 Å². The normalized spacial score (nSPS) is 19.2. The molecule has 1 aliphatic rings. The highest BCUT2D eigenvalue weighted by molar-refractivity contribution is 5.94. The van der Waals surface area contributed by atoms with Gasteiger partial charge >= 0.3 is 6.18 Å². The Morgan fingerprint density at radius 1 is 1.03 bits per heavy atom. The third kappa shape index (κ3) is 4.78. The number of carbonyl (C=O) groups excluding carboxylic acids is 1. The third-order valence-corrected chi connectivity index (χ3v) is 5.67. The number of amides is 1. The SMILES string of the molecule is Cc1ccccc1-c1nnc(-c2ccc(C(=O)N[C@@H]3CCC[C@@H](C(F)(F)F)C3)cc2)o1. The lowest BCUT2D eigenvalue weighted by molar-refractivity contribution is -0.183. The molecule has 2 atom stereocenters. The summed E-state index contributed by atoms with van der Waals surface area (Å²) in [5, 5.41) is 10.9. The molecule has 0 radical (unpaired) electrons. The highest BCUT2D eigenvalue weighted by Gasteiger charge is 2.42. The van der Waals surface area contributed by atoms with Gasteiger partial charge < -0.3 is 9.73 Å². The van der Waals surface area contributed by atoms with E-state index in [0.29, 0.717) is 35.7 Å². The van der Waals surface area contributed by atoms with E-state index in [2.05, 4.69) is 15.5 Å². The van der Waals surface area contributed by atoms with E-state index in [-0.39, 0.29) is 18.7 Å². The minimum atomic E-state index is -4.22. The van der Waals surface area contributed by atoms with Gasteiger partial charge in [0.2, 0.25) is 11.8 Å². The molecule has 1 N–H and O–H groups in total. The Balaban J connectivity index is 1.43. The van der Waals surface area contributed by atoms with Crippen LogP contribution in [0.2, 0.25) is 0 Å². The van der Waals surface area contributed by atoms with Crippen LogP contribution >= 0.6 is 0 Å². The summed E-state index contributed by atoms with van der Waals surface area (Å²) in [5.74, 6) is -1.00. The van der Waals surface area contributed by atoms with Gasteiger partial charge in [-0.2, -0.15) is 13.2 Å². The van der Waals surface area contributed by atoms with E-state index in [1.165, 1.54) is 0 Å². The Hall–Kier alpha value is -3.16. The van der Waals surface area contributed by atoms with Gasteiger partial charge in [-0.15, -0.1) is 10.2 Å². The molecule has 8 heteroatoms. The van der Waals surface area contributed by atoms with Crippen molar-refractivity contribution >= 4 is 5.91 Å². The molecule has 1 amide bonds. The number of hydrogen-bond acceptors (Lipinski definition) is 4. The lowest BCUT2D eigenvalue weighted by Crippen LogP contribution is -2.41.